The van der Waals surface area contributed by atoms with Crippen LogP contribution in [0, 0.1) is 20.8 Å². The number of rotatable bonds is 13. The van der Waals surface area contributed by atoms with Gasteiger partial charge in [0.2, 0.25) is 0 Å². The lowest BCUT2D eigenvalue weighted by molar-refractivity contribution is 0.170. The minimum absolute atomic E-state index is 0.297. The van der Waals surface area contributed by atoms with Crippen molar-refractivity contribution in [3.63, 3.8) is 0 Å². The number of hydrogen-bond acceptors (Lipinski definition) is 28. The quantitative estimate of drug-likeness (QED) is 0.108. The summed E-state index contributed by atoms with van der Waals surface area (Å²) >= 11 is 0. The predicted molar refractivity (Wildman–Crippen MR) is 592 cm³/mol. The fraction of sp³-hybridized carbons (Fsp3) is 0.336. The monoisotopic (exact) mass is 2000 g/mol. The number of nitrogens with zero attached hydrogens (tertiary/aromatic N) is 21. The molecule has 5 aliphatic rings. The first-order valence-corrected chi connectivity index (χ1v) is 51.6. The fourth-order valence-electron chi connectivity index (χ4n) is 21.2. The van der Waals surface area contributed by atoms with Crippen LogP contribution < -0.4 is 63.3 Å². The SMILES string of the molecule is CCc1nc(C)cn2cc(-c3cc4ccc(N5CCN(C)[C@@H](C)C5)cc4c(=O)o3)nc12.CCc1nc(C)cn2cc(-c3cc4ccc(N5C[C@@H](C)N(C)[C@@H](C)C5)cc4c(=O)o3)nc12.CCc1nc(C)cn2cc(-c3cc4ccc(N5C[C@@H](C)N[C@@H](C)C5)cc4c(=O)o3)nc12.CN1CCN(c2ccc3cc(-c4ccc5nn(C)cc5c4)oc(=O)c3c2)CC1.Cn1cc2cc(-c3cc4ccc(N5CCNCC5)cc4c(=O)o3)ccc2n1. The van der Waals surface area contributed by atoms with Crippen LogP contribution in [0.25, 0.3) is 150 Å². The molecule has 149 heavy (non-hydrogen) atoms. The van der Waals surface area contributed by atoms with E-state index >= 15 is 0 Å². The van der Waals surface area contributed by atoms with Crippen LogP contribution in [0.5, 0.6) is 0 Å². The highest BCUT2D eigenvalue weighted by Crippen LogP contribution is 2.37. The lowest BCUT2D eigenvalue weighted by atomic mass is 10.1. The summed E-state index contributed by atoms with van der Waals surface area (Å²) in [6.45, 7) is 37.5. The summed E-state index contributed by atoms with van der Waals surface area (Å²) in [6, 6.07) is 53.8. The second-order valence-corrected chi connectivity index (χ2v) is 40.6. The van der Waals surface area contributed by atoms with E-state index in [1.165, 1.54) is 0 Å². The van der Waals surface area contributed by atoms with Crippen LogP contribution in [0.15, 0.2) is 253 Å². The van der Waals surface area contributed by atoms with Crippen molar-refractivity contribution in [1.29, 1.82) is 0 Å². The second kappa shape index (κ2) is 41.5. The molecule has 0 amide bonds. The summed E-state index contributed by atoms with van der Waals surface area (Å²) in [5, 5.41) is 25.1. The Balaban J connectivity index is 0.000000109. The van der Waals surface area contributed by atoms with Gasteiger partial charge in [-0.15, -0.1) is 0 Å². The highest BCUT2D eigenvalue weighted by molar-refractivity contribution is 5.94. The molecule has 5 atom stereocenters. The Kier molecular flexibility index (Phi) is 27.6. The minimum atomic E-state index is -0.340. The maximum atomic E-state index is 12.9. The van der Waals surface area contributed by atoms with Gasteiger partial charge in [0.1, 0.15) is 28.6 Å². The molecule has 2 N–H and O–H groups in total. The summed E-state index contributed by atoms with van der Waals surface area (Å²) in [6.07, 6.45) is 17.8. The summed E-state index contributed by atoms with van der Waals surface area (Å²) in [7, 11) is 10.2. The minimum Gasteiger partial charge on any atom is -0.422 e. The fourth-order valence-corrected chi connectivity index (χ4v) is 21.2. The van der Waals surface area contributed by atoms with Gasteiger partial charge in [0.15, 0.2) is 34.2 Å². The molecule has 0 aliphatic carbocycles. The normalized spacial score (nSPS) is 17.6. The Morgan fingerprint density at radius 2 is 0.638 bits per heavy atom. The maximum Gasteiger partial charge on any atom is 0.344 e. The van der Waals surface area contributed by atoms with Crippen molar-refractivity contribution in [3.05, 3.63) is 294 Å². The van der Waals surface area contributed by atoms with Crippen molar-refractivity contribution < 1.29 is 22.1 Å². The number of nitrogens with one attached hydrogen (secondary N) is 2. The van der Waals surface area contributed by atoms with Crippen molar-refractivity contribution in [1.82, 2.24) is 88.0 Å². The molecule has 18 heterocycles. The van der Waals surface area contributed by atoms with Crippen LogP contribution >= 0.6 is 0 Å². The summed E-state index contributed by atoms with van der Waals surface area (Å²) in [4.78, 5) is 111. The first-order chi connectivity index (χ1) is 71.9. The van der Waals surface area contributed by atoms with Crippen LogP contribution in [0.2, 0.25) is 0 Å². The topological polar surface area (TPSA) is 327 Å². The molecule has 5 aliphatic heterocycles. The first kappa shape index (κ1) is 99.2. The molecule has 0 unspecified atom stereocenters. The smallest absolute Gasteiger partial charge is 0.344 e. The van der Waals surface area contributed by atoms with Crippen molar-refractivity contribution in [3.8, 4) is 57.0 Å². The van der Waals surface area contributed by atoms with Gasteiger partial charge in [-0.2, -0.15) is 10.2 Å². The first-order valence-electron chi connectivity index (χ1n) is 51.6. The van der Waals surface area contributed by atoms with E-state index in [2.05, 4.69) is 182 Å². The van der Waals surface area contributed by atoms with Gasteiger partial charge in [0.05, 0.1) is 72.1 Å². The van der Waals surface area contributed by atoms with Gasteiger partial charge in [-0.25, -0.2) is 38.9 Å². The Hall–Kier alpha value is -15.8. The van der Waals surface area contributed by atoms with Gasteiger partial charge in [-0.05, 0) is 250 Å². The standard InChI is InChI=1S/C25H29N5O2.2C24H27N5O2.C22H22N4O2.C21H20N4O2/c1-6-21-24-27-22(14-30(24)11-15(2)26-21)23-9-18-7-8-19(10-20(18)25(31)32-23)29-12-16(3)28(5)17(4)13-29;1-5-20-23-27-21(13-29(23)12-16(4)26-20)22-8-17-6-7-18(9-19(17)24(30)31-22)28-10-14(2)25-15(3)11-28;1-5-20-23-26-21(14-29(23)12-15(2)25-20)22-10-17-6-7-18(11-19(17)24(30)31-22)28-9-8-27(4)16(3)13-28;1-24-7-9-26(10-8-24)18-5-3-15-12-21(28-22(27)19(15)13-18)16-4-6-20-17(11-16)14-25(2)23-20;1-24-13-16-10-15(3-5-19(16)23-24)20-11-14-2-4-17(12-18(14)21(26)27-20)25-8-6-22-7-9-25/h7-11,14,16-17H,6,12-13H2,1-5H3;6-9,12-15,25H,5,10-11H2,1-4H3;6-7,10-12,14,16H,5,8-9,13H2,1-4H3;3-6,11-14H,7-10H2,1-2H3;2-5,10-13,22H,6-9H2,1H3/t16-,17+;14-,15+;16-;;/m..0../s1. The van der Waals surface area contributed by atoms with E-state index in [1.807, 2.05) is 225 Å². The summed E-state index contributed by atoms with van der Waals surface area (Å²) in [5.41, 5.74) is 17.2. The second-order valence-electron chi connectivity index (χ2n) is 40.6. The van der Waals surface area contributed by atoms with Crippen LogP contribution in [0.4, 0.5) is 28.4 Å². The van der Waals surface area contributed by atoms with E-state index < -0.39 is 0 Å². The van der Waals surface area contributed by atoms with Crippen LogP contribution in [-0.2, 0) is 33.4 Å². The molecule has 0 saturated carbocycles. The Bertz CT molecular complexity index is 8810. The number of hydrogen-bond donors (Lipinski definition) is 2. The average Bonchev–Trinajstić information content (AvgIpc) is 1.70. The third-order valence-electron chi connectivity index (χ3n) is 29.5. The van der Waals surface area contributed by atoms with Gasteiger partial charge in [0, 0.05) is 242 Å². The summed E-state index contributed by atoms with van der Waals surface area (Å²) in [5.74, 6) is 2.57. The molecule has 33 nitrogen and oxygen atoms in total. The van der Waals surface area contributed by atoms with Gasteiger partial charge < -0.3 is 80.2 Å². The molecule has 20 aromatic rings. The van der Waals surface area contributed by atoms with Crippen molar-refractivity contribution in [2.24, 2.45) is 14.1 Å². The maximum absolute atomic E-state index is 12.9. The van der Waals surface area contributed by atoms with Gasteiger partial charge >= 0.3 is 28.1 Å². The number of likely N-dealkylation sites (N-methyl/N-ethyl adjacent to an activating group) is 3. The largest absolute Gasteiger partial charge is 0.422 e. The number of imidazole rings is 3. The van der Waals surface area contributed by atoms with E-state index in [9.17, 15) is 24.0 Å². The van der Waals surface area contributed by atoms with E-state index in [4.69, 9.17) is 37.0 Å². The van der Waals surface area contributed by atoms with E-state index in [0.717, 1.165) is 257 Å². The summed E-state index contributed by atoms with van der Waals surface area (Å²) < 4.78 is 37.9. The zero-order chi connectivity index (χ0) is 104. The third kappa shape index (κ3) is 20.8. The molecule has 764 valence electrons. The zero-order valence-electron chi connectivity index (χ0n) is 87.2. The molecule has 7 aromatic carbocycles. The van der Waals surface area contributed by atoms with Crippen LogP contribution in [-0.4, -0.2) is 227 Å². The molecule has 25 rings (SSSR count). The highest BCUT2D eigenvalue weighted by Gasteiger charge is 2.30. The molecule has 0 spiro atoms. The Labute approximate surface area is 860 Å². The van der Waals surface area contributed by atoms with Crippen LogP contribution in [0.3, 0.4) is 0 Å². The molecule has 33 heteroatoms. The number of anilines is 5. The van der Waals surface area contributed by atoms with E-state index in [0.29, 0.717) is 103 Å². The number of aryl methyl sites for hydroxylation is 8. The Morgan fingerprint density at radius 1 is 0.315 bits per heavy atom. The molecular weight excluding hydrogens is 1880 g/mol. The number of piperazine rings is 5. The molecule has 0 bridgehead atoms. The molecule has 5 fully saturated rings. The van der Waals surface area contributed by atoms with E-state index in [-0.39, 0.29) is 28.1 Å². The molecule has 13 aromatic heterocycles. The number of aromatic nitrogens is 13. The lowest BCUT2D eigenvalue weighted by Gasteiger charge is -2.43. The van der Waals surface area contributed by atoms with Gasteiger partial charge in [-0.3, -0.25) is 29.2 Å². The zero-order valence-corrected chi connectivity index (χ0v) is 87.2. The van der Waals surface area contributed by atoms with Crippen molar-refractivity contribution in [2.75, 3.05) is 144 Å². The van der Waals surface area contributed by atoms with Crippen molar-refractivity contribution >= 4 is 121 Å². The van der Waals surface area contributed by atoms with Gasteiger partial charge in [-0.1, -0.05) is 51.1 Å². The lowest BCUT2D eigenvalue weighted by Crippen LogP contribution is -2.55. The van der Waals surface area contributed by atoms with Gasteiger partial charge in [0.25, 0.3) is 0 Å². The predicted octanol–water partition coefficient (Wildman–Crippen LogP) is 16.8. The van der Waals surface area contributed by atoms with Crippen molar-refractivity contribution in [2.45, 2.75) is 126 Å². The molecule has 0 radical (unpaired) electrons. The highest BCUT2D eigenvalue weighted by atomic mass is 16.4. The third-order valence-corrected chi connectivity index (χ3v) is 29.5. The number of benzene rings is 7. The van der Waals surface area contributed by atoms with Crippen LogP contribution in [0.1, 0.15) is 89.6 Å². The average molecular weight is 2000 g/mol. The Morgan fingerprint density at radius 3 is 1.00 bits per heavy atom. The molecular formula is C116H125N23O10. The molecule has 5 saturated heterocycles. The van der Waals surface area contributed by atoms with E-state index in [1.54, 1.807) is 9.36 Å². The number of fused-ring (bicyclic) bond motifs is 10.